The molecule has 8 heteroatoms. The van der Waals surface area contributed by atoms with Crippen molar-refractivity contribution in [2.45, 2.75) is 19.8 Å². The van der Waals surface area contributed by atoms with Crippen LogP contribution in [-0.2, 0) is 0 Å². The Morgan fingerprint density at radius 2 is 1.71 bits per heavy atom. The zero-order valence-corrected chi connectivity index (χ0v) is 20.2. The van der Waals surface area contributed by atoms with Crippen LogP contribution in [0.2, 0.25) is 0 Å². The van der Waals surface area contributed by atoms with Gasteiger partial charge >= 0.3 is 0 Å². The van der Waals surface area contributed by atoms with Gasteiger partial charge in [-0.15, -0.1) is 0 Å². The first kappa shape index (κ1) is 23.3. The number of hydrogen-bond donors (Lipinski definition) is 2. The van der Waals surface area contributed by atoms with Crippen molar-refractivity contribution in [3.63, 3.8) is 0 Å². The van der Waals surface area contributed by atoms with Crippen molar-refractivity contribution in [1.82, 2.24) is 10.3 Å². The highest BCUT2D eigenvalue weighted by Gasteiger charge is 2.13. The zero-order chi connectivity index (χ0) is 24.2. The molecule has 1 heterocycles. The van der Waals surface area contributed by atoms with E-state index < -0.39 is 0 Å². The van der Waals surface area contributed by atoms with Crippen molar-refractivity contribution in [1.29, 1.82) is 0 Å². The van der Waals surface area contributed by atoms with E-state index in [9.17, 15) is 4.79 Å². The fraction of sp³-hybridized carbons (Fsp3) is 0.192. The summed E-state index contributed by atoms with van der Waals surface area (Å²) in [6.45, 7) is 4.22. The predicted octanol–water partition coefficient (Wildman–Crippen LogP) is 5.76. The number of ether oxygens (including phenoxy) is 2. The Kier molecular flexibility index (Phi) is 6.79. The normalized spacial score (nSPS) is 10.9. The number of aromatic nitrogens is 1. The molecule has 0 bridgehead atoms. The van der Waals surface area contributed by atoms with Crippen molar-refractivity contribution >= 4 is 40.0 Å². The van der Waals surface area contributed by atoms with Crippen molar-refractivity contribution in [3.8, 4) is 23.0 Å². The molecule has 0 fully saturated rings. The molecule has 0 unspecified atom stereocenters. The van der Waals surface area contributed by atoms with Gasteiger partial charge in [-0.1, -0.05) is 26.0 Å². The number of oxazole rings is 1. The quantitative estimate of drug-likeness (QED) is 0.343. The molecule has 34 heavy (non-hydrogen) atoms. The lowest BCUT2D eigenvalue weighted by atomic mass is 10.0. The molecule has 0 saturated heterocycles. The van der Waals surface area contributed by atoms with Crippen LogP contribution >= 0.6 is 12.2 Å². The van der Waals surface area contributed by atoms with E-state index in [4.69, 9.17) is 26.1 Å². The number of thiocarbonyl (C=S) groups is 1. The summed E-state index contributed by atoms with van der Waals surface area (Å²) in [5.41, 5.74) is 4.42. The molecular weight excluding hydrogens is 450 g/mol. The van der Waals surface area contributed by atoms with E-state index in [-0.39, 0.29) is 11.0 Å². The van der Waals surface area contributed by atoms with E-state index in [1.54, 1.807) is 50.6 Å². The molecule has 0 radical (unpaired) electrons. The molecule has 1 aromatic heterocycles. The van der Waals surface area contributed by atoms with Crippen LogP contribution in [0.25, 0.3) is 22.6 Å². The van der Waals surface area contributed by atoms with Gasteiger partial charge in [-0.25, -0.2) is 4.98 Å². The number of methoxy groups -OCH3 is 2. The first-order valence-corrected chi connectivity index (χ1v) is 11.1. The summed E-state index contributed by atoms with van der Waals surface area (Å²) in [6, 6.07) is 18.4. The summed E-state index contributed by atoms with van der Waals surface area (Å²) >= 11 is 5.32. The summed E-state index contributed by atoms with van der Waals surface area (Å²) in [5, 5.41) is 5.93. The molecule has 4 rings (SSSR count). The van der Waals surface area contributed by atoms with E-state index in [0.29, 0.717) is 45.7 Å². The van der Waals surface area contributed by atoms with Crippen LogP contribution in [0, 0.1) is 0 Å². The monoisotopic (exact) mass is 475 g/mol. The van der Waals surface area contributed by atoms with E-state index in [2.05, 4.69) is 29.5 Å². The predicted molar refractivity (Wildman–Crippen MR) is 137 cm³/mol. The maximum absolute atomic E-state index is 12.5. The number of anilines is 1. The largest absolute Gasteiger partial charge is 0.493 e. The summed E-state index contributed by atoms with van der Waals surface area (Å²) in [7, 11) is 3.16. The van der Waals surface area contributed by atoms with Crippen molar-refractivity contribution in [2.75, 3.05) is 19.5 Å². The topological polar surface area (TPSA) is 85.6 Å². The van der Waals surface area contributed by atoms with Gasteiger partial charge in [0.15, 0.2) is 22.2 Å². The van der Waals surface area contributed by atoms with Crippen LogP contribution in [0.4, 0.5) is 5.69 Å². The number of benzene rings is 3. The Balaban J connectivity index is 1.46. The molecule has 7 nitrogen and oxygen atoms in total. The number of hydrogen-bond acceptors (Lipinski definition) is 6. The molecule has 1 amide bonds. The van der Waals surface area contributed by atoms with E-state index in [1.165, 1.54) is 5.56 Å². The third-order valence-corrected chi connectivity index (χ3v) is 5.55. The summed E-state index contributed by atoms with van der Waals surface area (Å²) in [5.74, 6) is 1.79. The minimum absolute atomic E-state index is 0.195. The molecule has 4 aromatic rings. The van der Waals surface area contributed by atoms with Gasteiger partial charge in [-0.05, 0) is 72.2 Å². The molecule has 0 saturated carbocycles. The van der Waals surface area contributed by atoms with Crippen LogP contribution in [0.3, 0.4) is 0 Å². The Morgan fingerprint density at radius 3 is 2.38 bits per heavy atom. The molecule has 0 aliphatic rings. The minimum Gasteiger partial charge on any atom is -0.493 e. The average Bonchev–Trinajstić information content (AvgIpc) is 3.27. The van der Waals surface area contributed by atoms with Crippen molar-refractivity contribution in [2.24, 2.45) is 0 Å². The smallest absolute Gasteiger partial charge is 0.257 e. The molecule has 0 aliphatic carbocycles. The van der Waals surface area contributed by atoms with Gasteiger partial charge in [0.2, 0.25) is 5.89 Å². The van der Waals surface area contributed by atoms with E-state index >= 15 is 0 Å². The maximum atomic E-state index is 12.5. The number of fused-ring (bicyclic) bond motifs is 1. The summed E-state index contributed by atoms with van der Waals surface area (Å²) in [4.78, 5) is 17.1. The molecule has 2 N–H and O–H groups in total. The van der Waals surface area contributed by atoms with Crippen LogP contribution in [0.5, 0.6) is 11.5 Å². The van der Waals surface area contributed by atoms with Gasteiger partial charge in [0, 0.05) is 16.8 Å². The zero-order valence-electron chi connectivity index (χ0n) is 19.3. The third kappa shape index (κ3) is 5.02. The second kappa shape index (κ2) is 9.93. The summed E-state index contributed by atoms with van der Waals surface area (Å²) < 4.78 is 16.5. The number of rotatable bonds is 6. The van der Waals surface area contributed by atoms with E-state index in [1.807, 2.05) is 24.3 Å². The SMILES string of the molecule is COc1ccc(-c2nc3cc(NC(=S)NC(=O)c4ccc(C(C)C)cc4)ccc3o2)cc1OC. The molecule has 3 aromatic carbocycles. The van der Waals surface area contributed by atoms with Gasteiger partial charge in [0.25, 0.3) is 5.91 Å². The van der Waals surface area contributed by atoms with Crippen LogP contribution < -0.4 is 20.1 Å². The molecule has 0 spiro atoms. The lowest BCUT2D eigenvalue weighted by molar-refractivity contribution is 0.0977. The van der Waals surface area contributed by atoms with Gasteiger partial charge in [0.1, 0.15) is 5.52 Å². The second-order valence-corrected chi connectivity index (χ2v) is 8.36. The number of carbonyl (C=O) groups excluding carboxylic acids is 1. The standard InChI is InChI=1S/C26H25N3O4S/c1-15(2)16-5-7-17(8-6-16)24(30)29-26(34)27-19-10-12-21-20(14-19)28-25(33-21)18-9-11-22(31-3)23(13-18)32-4/h5-15H,1-4H3,(H2,27,29,30,34). The second-order valence-electron chi connectivity index (χ2n) is 7.96. The lowest BCUT2D eigenvalue weighted by Gasteiger charge is -2.10. The lowest BCUT2D eigenvalue weighted by Crippen LogP contribution is -2.34. The fourth-order valence-corrected chi connectivity index (χ4v) is 3.67. The molecular formula is C26H25N3O4S. The van der Waals surface area contributed by atoms with Gasteiger partial charge in [-0.3, -0.25) is 10.1 Å². The Labute approximate surface area is 203 Å². The maximum Gasteiger partial charge on any atom is 0.257 e. The number of nitrogens with one attached hydrogen (secondary N) is 2. The highest BCUT2D eigenvalue weighted by Crippen LogP contribution is 2.33. The minimum atomic E-state index is -0.272. The van der Waals surface area contributed by atoms with Gasteiger partial charge < -0.3 is 19.2 Å². The Hall–Kier alpha value is -3.91. The van der Waals surface area contributed by atoms with Gasteiger partial charge in [-0.2, -0.15) is 0 Å². The average molecular weight is 476 g/mol. The van der Waals surface area contributed by atoms with Crippen molar-refractivity contribution in [3.05, 3.63) is 71.8 Å². The Morgan fingerprint density at radius 1 is 0.971 bits per heavy atom. The van der Waals surface area contributed by atoms with E-state index in [0.717, 1.165) is 5.56 Å². The molecule has 0 atom stereocenters. The summed E-state index contributed by atoms with van der Waals surface area (Å²) in [6.07, 6.45) is 0. The fourth-order valence-electron chi connectivity index (χ4n) is 3.45. The first-order chi connectivity index (χ1) is 16.4. The van der Waals surface area contributed by atoms with Crippen LogP contribution in [-0.4, -0.2) is 30.2 Å². The van der Waals surface area contributed by atoms with Crippen LogP contribution in [0.1, 0.15) is 35.7 Å². The number of carbonyl (C=O) groups is 1. The van der Waals surface area contributed by atoms with Crippen molar-refractivity contribution < 1.29 is 18.7 Å². The number of amides is 1. The highest BCUT2D eigenvalue weighted by molar-refractivity contribution is 7.80. The van der Waals surface area contributed by atoms with Gasteiger partial charge in [0.05, 0.1) is 14.2 Å². The third-order valence-electron chi connectivity index (χ3n) is 5.34. The van der Waals surface area contributed by atoms with Crippen LogP contribution in [0.15, 0.2) is 65.1 Å². The molecule has 0 aliphatic heterocycles. The number of nitrogens with zero attached hydrogens (tertiary/aromatic N) is 1. The first-order valence-electron chi connectivity index (χ1n) is 10.7. The Bertz CT molecular complexity index is 1350. The molecule has 174 valence electrons. The highest BCUT2D eigenvalue weighted by atomic mass is 32.1.